The van der Waals surface area contributed by atoms with E-state index in [1.54, 1.807) is 7.11 Å². The lowest BCUT2D eigenvalue weighted by atomic mass is 10.0. The van der Waals surface area contributed by atoms with Crippen LogP contribution in [0, 0.1) is 0 Å². The number of hydrogen-bond acceptors (Lipinski definition) is 3. The molecule has 116 valence electrons. The normalized spacial score (nSPS) is 17.2. The Morgan fingerprint density at radius 2 is 2.05 bits per heavy atom. The van der Waals surface area contributed by atoms with Gasteiger partial charge in [-0.1, -0.05) is 37.5 Å². The highest BCUT2D eigenvalue weighted by Gasteiger charge is 2.21. The maximum atomic E-state index is 12.2. The number of rotatable bonds is 6. The van der Waals surface area contributed by atoms with Gasteiger partial charge >= 0.3 is 0 Å². The van der Waals surface area contributed by atoms with E-state index in [1.165, 1.54) is 32.1 Å². The first-order valence-corrected chi connectivity index (χ1v) is 8.70. The van der Waals surface area contributed by atoms with Crippen LogP contribution >= 0.6 is 11.8 Å². The summed E-state index contributed by atoms with van der Waals surface area (Å²) < 4.78 is 5.30. The van der Waals surface area contributed by atoms with Gasteiger partial charge in [-0.2, -0.15) is 0 Å². The van der Waals surface area contributed by atoms with Crippen LogP contribution in [-0.4, -0.2) is 23.5 Å². The van der Waals surface area contributed by atoms with Crippen molar-refractivity contribution < 1.29 is 9.53 Å². The first-order chi connectivity index (χ1) is 10.2. The van der Waals surface area contributed by atoms with E-state index in [2.05, 4.69) is 5.32 Å². The number of para-hydroxylation sites is 1. The van der Waals surface area contributed by atoms with E-state index in [-0.39, 0.29) is 11.2 Å². The minimum absolute atomic E-state index is 0.0165. The van der Waals surface area contributed by atoms with Crippen molar-refractivity contribution in [1.29, 1.82) is 0 Å². The zero-order valence-electron chi connectivity index (χ0n) is 12.9. The number of methoxy groups -OCH3 is 1. The number of thioether (sulfide) groups is 1. The lowest BCUT2D eigenvalue weighted by molar-refractivity contribution is -0.120. The number of nitrogens with one attached hydrogen (secondary N) is 1. The molecule has 1 unspecified atom stereocenters. The van der Waals surface area contributed by atoms with Gasteiger partial charge in [0.25, 0.3) is 0 Å². The van der Waals surface area contributed by atoms with Crippen molar-refractivity contribution >= 4 is 17.7 Å². The quantitative estimate of drug-likeness (QED) is 0.869. The Labute approximate surface area is 131 Å². The average Bonchev–Trinajstić information content (AvgIpc) is 2.53. The van der Waals surface area contributed by atoms with Gasteiger partial charge in [-0.3, -0.25) is 4.79 Å². The molecule has 0 heterocycles. The number of benzene rings is 1. The third kappa shape index (κ3) is 4.95. The Hall–Kier alpha value is -1.16. The molecule has 21 heavy (non-hydrogen) atoms. The summed E-state index contributed by atoms with van der Waals surface area (Å²) in [6, 6.07) is 7.80. The molecule has 1 fully saturated rings. The molecule has 1 aromatic carbocycles. The van der Waals surface area contributed by atoms with Crippen LogP contribution in [0.3, 0.4) is 0 Å². The van der Waals surface area contributed by atoms with Crippen molar-refractivity contribution in [2.24, 2.45) is 0 Å². The molecule has 1 atom stereocenters. The topological polar surface area (TPSA) is 38.3 Å². The molecule has 0 radical (unpaired) electrons. The smallest absolute Gasteiger partial charge is 0.233 e. The maximum absolute atomic E-state index is 12.2. The third-order valence-corrected chi connectivity index (χ3v) is 5.44. The zero-order valence-corrected chi connectivity index (χ0v) is 13.7. The van der Waals surface area contributed by atoms with E-state index in [1.807, 2.05) is 43.0 Å². The van der Waals surface area contributed by atoms with Gasteiger partial charge in [-0.25, -0.2) is 0 Å². The van der Waals surface area contributed by atoms with Crippen LogP contribution in [-0.2, 0) is 11.3 Å². The summed E-state index contributed by atoms with van der Waals surface area (Å²) in [6.07, 6.45) is 6.50. The molecule has 1 N–H and O–H groups in total. The van der Waals surface area contributed by atoms with Gasteiger partial charge in [-0.15, -0.1) is 11.8 Å². The van der Waals surface area contributed by atoms with Gasteiger partial charge in [0.1, 0.15) is 5.75 Å². The van der Waals surface area contributed by atoms with Crippen molar-refractivity contribution in [3.63, 3.8) is 0 Å². The summed E-state index contributed by atoms with van der Waals surface area (Å²) in [6.45, 7) is 2.54. The summed E-state index contributed by atoms with van der Waals surface area (Å²) in [5.41, 5.74) is 1.02. The van der Waals surface area contributed by atoms with E-state index in [4.69, 9.17) is 4.74 Å². The van der Waals surface area contributed by atoms with Crippen LogP contribution < -0.4 is 10.1 Å². The van der Waals surface area contributed by atoms with Crippen LogP contribution in [0.15, 0.2) is 24.3 Å². The largest absolute Gasteiger partial charge is 0.496 e. The predicted molar refractivity (Wildman–Crippen MR) is 88.8 cm³/mol. The lowest BCUT2D eigenvalue weighted by Gasteiger charge is -2.24. The van der Waals surface area contributed by atoms with E-state index in [9.17, 15) is 4.79 Å². The van der Waals surface area contributed by atoms with E-state index in [0.29, 0.717) is 11.8 Å². The molecule has 0 aromatic heterocycles. The van der Waals surface area contributed by atoms with Crippen LogP contribution in [0.4, 0.5) is 0 Å². The molecule has 1 amide bonds. The molecule has 2 rings (SSSR count). The third-order valence-electron chi connectivity index (χ3n) is 3.96. The molecule has 0 aliphatic heterocycles. The number of amides is 1. The van der Waals surface area contributed by atoms with Crippen molar-refractivity contribution in [2.75, 3.05) is 7.11 Å². The van der Waals surface area contributed by atoms with Gasteiger partial charge in [0.05, 0.1) is 12.4 Å². The Balaban J connectivity index is 1.80. The molecular weight excluding hydrogens is 282 g/mol. The van der Waals surface area contributed by atoms with Crippen LogP contribution in [0.1, 0.15) is 44.6 Å². The Kier molecular flexibility index (Phi) is 6.43. The molecule has 1 aromatic rings. The van der Waals surface area contributed by atoms with Crippen molar-refractivity contribution in [3.8, 4) is 5.75 Å². The molecule has 3 nitrogen and oxygen atoms in total. The number of hydrogen-bond donors (Lipinski definition) is 1. The second kappa shape index (κ2) is 8.32. The van der Waals surface area contributed by atoms with E-state index >= 15 is 0 Å². The van der Waals surface area contributed by atoms with Crippen molar-refractivity contribution in [2.45, 2.75) is 56.1 Å². The Bertz CT molecular complexity index is 458. The Morgan fingerprint density at radius 1 is 1.33 bits per heavy atom. The van der Waals surface area contributed by atoms with Crippen LogP contribution in [0.5, 0.6) is 5.75 Å². The molecule has 0 bridgehead atoms. The highest BCUT2D eigenvalue weighted by molar-refractivity contribution is 8.01. The second-order valence-corrected chi connectivity index (χ2v) is 7.21. The molecule has 1 aliphatic rings. The van der Waals surface area contributed by atoms with Gasteiger partial charge in [0, 0.05) is 17.4 Å². The van der Waals surface area contributed by atoms with E-state index < -0.39 is 0 Å². The van der Waals surface area contributed by atoms with Gasteiger partial charge < -0.3 is 10.1 Å². The lowest BCUT2D eigenvalue weighted by Crippen LogP contribution is -2.32. The fraction of sp³-hybridized carbons (Fsp3) is 0.588. The minimum Gasteiger partial charge on any atom is -0.496 e. The predicted octanol–water partition coefficient (Wildman–Crippen LogP) is 3.77. The maximum Gasteiger partial charge on any atom is 0.233 e. The van der Waals surface area contributed by atoms with Gasteiger partial charge in [0.15, 0.2) is 0 Å². The fourth-order valence-electron chi connectivity index (χ4n) is 2.73. The SMILES string of the molecule is COc1ccccc1CNC(=O)C(C)SC1CCCCC1. The van der Waals surface area contributed by atoms with Gasteiger partial charge in [0.2, 0.25) is 5.91 Å². The average molecular weight is 307 g/mol. The standard InChI is InChI=1S/C17H25NO2S/c1-13(21-15-9-4-3-5-10-15)17(19)18-12-14-8-6-7-11-16(14)20-2/h6-8,11,13,15H,3-5,9-10,12H2,1-2H3,(H,18,19). The molecule has 1 aliphatic carbocycles. The van der Waals surface area contributed by atoms with Crippen LogP contribution in [0.25, 0.3) is 0 Å². The summed E-state index contributed by atoms with van der Waals surface area (Å²) in [4.78, 5) is 12.2. The monoisotopic (exact) mass is 307 g/mol. The minimum atomic E-state index is 0.0165. The molecule has 1 saturated carbocycles. The molecule has 4 heteroatoms. The first-order valence-electron chi connectivity index (χ1n) is 7.75. The van der Waals surface area contributed by atoms with Crippen molar-refractivity contribution in [3.05, 3.63) is 29.8 Å². The summed E-state index contributed by atoms with van der Waals surface area (Å²) in [7, 11) is 1.65. The molecular formula is C17H25NO2S. The molecule has 0 spiro atoms. The highest BCUT2D eigenvalue weighted by atomic mass is 32.2. The molecule has 0 saturated heterocycles. The number of ether oxygens (including phenoxy) is 1. The Morgan fingerprint density at radius 3 is 2.76 bits per heavy atom. The number of carbonyl (C=O) groups is 1. The number of carbonyl (C=O) groups excluding carboxylic acids is 1. The highest BCUT2D eigenvalue weighted by Crippen LogP contribution is 2.31. The van der Waals surface area contributed by atoms with Crippen molar-refractivity contribution in [1.82, 2.24) is 5.32 Å². The summed E-state index contributed by atoms with van der Waals surface area (Å²) in [5.74, 6) is 0.946. The fourth-order valence-corrected chi connectivity index (χ4v) is 4.12. The first kappa shape index (κ1) is 16.2. The zero-order chi connectivity index (χ0) is 15.1. The van der Waals surface area contributed by atoms with Gasteiger partial charge in [-0.05, 0) is 25.8 Å². The summed E-state index contributed by atoms with van der Waals surface area (Å²) >= 11 is 1.83. The van der Waals surface area contributed by atoms with Crippen LogP contribution in [0.2, 0.25) is 0 Å². The van der Waals surface area contributed by atoms with E-state index in [0.717, 1.165) is 11.3 Å². The second-order valence-electron chi connectivity index (χ2n) is 5.57. The summed E-state index contributed by atoms with van der Waals surface area (Å²) in [5, 5.41) is 3.70.